The van der Waals surface area contributed by atoms with Crippen molar-refractivity contribution in [3.63, 3.8) is 0 Å². The Balaban J connectivity index is 1.31. The summed E-state index contributed by atoms with van der Waals surface area (Å²) >= 11 is 6.11. The molecule has 1 saturated heterocycles. The molecule has 178 valence electrons. The molecule has 6 heteroatoms. The SMILES string of the molecule is Cc1cccc(CO[C@@H](CN2CCN(C(=O)NCc3ccccc3)CC2)c2ccc(Cl)cc2)c1. The van der Waals surface area contributed by atoms with Crippen LogP contribution < -0.4 is 5.32 Å². The number of rotatable bonds is 8. The van der Waals surface area contributed by atoms with Gasteiger partial charge in [0.15, 0.2) is 0 Å². The topological polar surface area (TPSA) is 44.8 Å². The van der Waals surface area contributed by atoms with E-state index < -0.39 is 0 Å². The summed E-state index contributed by atoms with van der Waals surface area (Å²) in [6.45, 7) is 7.00. The summed E-state index contributed by atoms with van der Waals surface area (Å²) in [5.41, 5.74) is 4.61. The highest BCUT2D eigenvalue weighted by Crippen LogP contribution is 2.23. The normalized spacial score (nSPS) is 15.2. The van der Waals surface area contributed by atoms with Gasteiger partial charge in [-0.1, -0.05) is 83.9 Å². The molecule has 1 fully saturated rings. The van der Waals surface area contributed by atoms with Gasteiger partial charge in [-0.15, -0.1) is 0 Å². The van der Waals surface area contributed by atoms with Crippen molar-refractivity contribution in [1.29, 1.82) is 0 Å². The number of carbonyl (C=O) groups is 1. The molecule has 3 aromatic rings. The number of ether oxygens (including phenoxy) is 1. The van der Waals surface area contributed by atoms with Crippen LogP contribution in [0, 0.1) is 6.92 Å². The van der Waals surface area contributed by atoms with Gasteiger partial charge in [0.05, 0.1) is 12.7 Å². The molecular weight excluding hydrogens is 446 g/mol. The van der Waals surface area contributed by atoms with E-state index in [1.165, 1.54) is 11.1 Å². The summed E-state index contributed by atoms with van der Waals surface area (Å²) < 4.78 is 6.40. The molecule has 0 bridgehead atoms. The van der Waals surface area contributed by atoms with E-state index in [4.69, 9.17) is 16.3 Å². The fourth-order valence-corrected chi connectivity index (χ4v) is 4.31. The number of nitrogens with zero attached hydrogens (tertiary/aromatic N) is 2. The summed E-state index contributed by atoms with van der Waals surface area (Å²) in [6.07, 6.45) is -0.0729. The Bertz CT molecular complexity index is 1050. The number of nitrogens with one attached hydrogen (secondary N) is 1. The Morgan fingerprint density at radius 3 is 2.35 bits per heavy atom. The molecule has 1 N–H and O–H groups in total. The van der Waals surface area contributed by atoms with E-state index in [1.807, 2.05) is 59.5 Å². The predicted molar refractivity (Wildman–Crippen MR) is 137 cm³/mol. The highest BCUT2D eigenvalue weighted by atomic mass is 35.5. The first-order chi connectivity index (χ1) is 16.6. The average Bonchev–Trinajstić information content (AvgIpc) is 2.87. The maximum absolute atomic E-state index is 12.6. The number of piperazine rings is 1. The van der Waals surface area contributed by atoms with Crippen molar-refractivity contribution in [3.05, 3.63) is 106 Å². The van der Waals surface area contributed by atoms with Crippen molar-refractivity contribution < 1.29 is 9.53 Å². The molecule has 5 nitrogen and oxygen atoms in total. The van der Waals surface area contributed by atoms with Crippen LogP contribution in [0.4, 0.5) is 4.79 Å². The largest absolute Gasteiger partial charge is 0.368 e. The number of carbonyl (C=O) groups excluding carboxylic acids is 1. The molecule has 0 aliphatic carbocycles. The molecule has 0 spiro atoms. The van der Waals surface area contributed by atoms with Crippen molar-refractivity contribution in [3.8, 4) is 0 Å². The number of halogens is 1. The summed E-state index contributed by atoms with van der Waals surface area (Å²) in [7, 11) is 0. The number of aryl methyl sites for hydroxylation is 1. The van der Waals surface area contributed by atoms with Crippen molar-refractivity contribution in [1.82, 2.24) is 15.1 Å². The standard InChI is InChI=1S/C28H32ClN3O2/c1-22-6-5-9-24(18-22)21-34-27(25-10-12-26(29)13-11-25)20-31-14-16-32(17-15-31)28(33)30-19-23-7-3-2-4-8-23/h2-13,18,27H,14-17,19-21H2,1H3,(H,30,33)/t27-/m0/s1. The number of hydrogen-bond donors (Lipinski definition) is 1. The third-order valence-corrected chi connectivity index (χ3v) is 6.40. The van der Waals surface area contributed by atoms with Gasteiger partial charge < -0.3 is 15.0 Å². The molecule has 1 heterocycles. The molecule has 0 unspecified atom stereocenters. The van der Waals surface area contributed by atoms with Crippen LogP contribution in [0.25, 0.3) is 0 Å². The quantitative estimate of drug-likeness (QED) is 0.470. The molecular formula is C28H32ClN3O2. The fraction of sp³-hybridized carbons (Fsp3) is 0.321. The Morgan fingerprint density at radius 2 is 1.65 bits per heavy atom. The van der Waals surface area contributed by atoms with Crippen LogP contribution in [0.5, 0.6) is 0 Å². The summed E-state index contributed by atoms with van der Waals surface area (Å²) in [6, 6.07) is 26.3. The summed E-state index contributed by atoms with van der Waals surface area (Å²) in [5, 5.41) is 3.75. The number of hydrogen-bond acceptors (Lipinski definition) is 3. The van der Waals surface area contributed by atoms with Gasteiger partial charge in [-0.3, -0.25) is 4.90 Å². The average molecular weight is 478 g/mol. The molecule has 2 amide bonds. The second kappa shape index (κ2) is 12.0. The van der Waals surface area contributed by atoms with Gasteiger partial charge in [-0.25, -0.2) is 4.79 Å². The van der Waals surface area contributed by atoms with Gasteiger partial charge in [-0.2, -0.15) is 0 Å². The van der Waals surface area contributed by atoms with Crippen molar-refractivity contribution in [2.75, 3.05) is 32.7 Å². The number of benzene rings is 3. The molecule has 1 atom stereocenters. The maximum atomic E-state index is 12.6. The van der Waals surface area contributed by atoms with Crippen LogP contribution >= 0.6 is 11.6 Å². The lowest BCUT2D eigenvalue weighted by atomic mass is 10.1. The van der Waals surface area contributed by atoms with Gasteiger partial charge in [0.2, 0.25) is 0 Å². The Labute approximate surface area is 207 Å². The zero-order valence-corrected chi connectivity index (χ0v) is 20.4. The van der Waals surface area contributed by atoms with Gasteiger partial charge >= 0.3 is 6.03 Å². The van der Waals surface area contributed by atoms with Crippen molar-refractivity contribution in [2.45, 2.75) is 26.2 Å². The first-order valence-corrected chi connectivity index (χ1v) is 12.2. The van der Waals surface area contributed by atoms with E-state index in [9.17, 15) is 4.79 Å². The van der Waals surface area contributed by atoms with E-state index in [1.54, 1.807) is 0 Å². The zero-order chi connectivity index (χ0) is 23.8. The molecule has 34 heavy (non-hydrogen) atoms. The van der Waals surface area contributed by atoms with Crippen molar-refractivity contribution >= 4 is 17.6 Å². The van der Waals surface area contributed by atoms with E-state index >= 15 is 0 Å². The Kier molecular flexibility index (Phi) is 8.58. The van der Waals surface area contributed by atoms with Gasteiger partial charge in [0, 0.05) is 44.3 Å². The summed E-state index contributed by atoms with van der Waals surface area (Å²) in [4.78, 5) is 16.9. The monoisotopic (exact) mass is 477 g/mol. The van der Waals surface area contributed by atoms with Crippen LogP contribution in [0.3, 0.4) is 0 Å². The third kappa shape index (κ3) is 7.07. The smallest absolute Gasteiger partial charge is 0.317 e. The minimum atomic E-state index is -0.0729. The number of amides is 2. The second-order valence-electron chi connectivity index (χ2n) is 8.77. The lowest BCUT2D eigenvalue weighted by molar-refractivity contribution is 0.00554. The summed E-state index contributed by atoms with van der Waals surface area (Å²) in [5.74, 6) is 0. The van der Waals surface area contributed by atoms with Crippen LogP contribution in [0.15, 0.2) is 78.9 Å². The van der Waals surface area contributed by atoms with Crippen LogP contribution in [-0.4, -0.2) is 48.6 Å². The molecule has 0 radical (unpaired) electrons. The minimum absolute atomic E-state index is 0.00606. The fourth-order valence-electron chi connectivity index (χ4n) is 4.18. The van der Waals surface area contributed by atoms with E-state index in [2.05, 4.69) is 41.4 Å². The van der Waals surface area contributed by atoms with Gasteiger partial charge in [-0.05, 0) is 35.7 Å². The van der Waals surface area contributed by atoms with Gasteiger partial charge in [0.1, 0.15) is 0 Å². The lowest BCUT2D eigenvalue weighted by Gasteiger charge is -2.36. The van der Waals surface area contributed by atoms with Crippen LogP contribution in [0.2, 0.25) is 5.02 Å². The first kappa shape index (κ1) is 24.3. The zero-order valence-electron chi connectivity index (χ0n) is 19.6. The Morgan fingerprint density at radius 1 is 0.941 bits per heavy atom. The van der Waals surface area contributed by atoms with Crippen LogP contribution in [0.1, 0.15) is 28.4 Å². The molecule has 0 saturated carbocycles. The van der Waals surface area contributed by atoms with E-state index in [0.717, 1.165) is 35.8 Å². The lowest BCUT2D eigenvalue weighted by Crippen LogP contribution is -2.52. The molecule has 1 aliphatic heterocycles. The molecule has 4 rings (SSSR count). The van der Waals surface area contributed by atoms with Gasteiger partial charge in [0.25, 0.3) is 0 Å². The second-order valence-corrected chi connectivity index (χ2v) is 9.21. The maximum Gasteiger partial charge on any atom is 0.317 e. The molecule has 3 aromatic carbocycles. The molecule has 0 aromatic heterocycles. The minimum Gasteiger partial charge on any atom is -0.368 e. The van der Waals surface area contributed by atoms with E-state index in [-0.39, 0.29) is 12.1 Å². The van der Waals surface area contributed by atoms with Crippen LogP contribution in [-0.2, 0) is 17.9 Å². The third-order valence-electron chi connectivity index (χ3n) is 6.15. The number of urea groups is 1. The predicted octanol–water partition coefficient (Wildman–Crippen LogP) is 5.43. The highest BCUT2D eigenvalue weighted by Gasteiger charge is 2.24. The van der Waals surface area contributed by atoms with E-state index in [0.29, 0.717) is 26.2 Å². The molecule has 1 aliphatic rings. The first-order valence-electron chi connectivity index (χ1n) is 11.8. The van der Waals surface area contributed by atoms with Crippen molar-refractivity contribution in [2.24, 2.45) is 0 Å². The highest BCUT2D eigenvalue weighted by molar-refractivity contribution is 6.30. The Hall–Kier alpha value is -2.86.